The van der Waals surface area contributed by atoms with Gasteiger partial charge in [0.1, 0.15) is 0 Å². The van der Waals surface area contributed by atoms with Gasteiger partial charge in [-0.2, -0.15) is 0 Å². The average molecular weight is 618 g/mol. The number of nitrogens with zero attached hydrogens (tertiary/aromatic N) is 3. The summed E-state index contributed by atoms with van der Waals surface area (Å²) in [5, 5.41) is 9.59. The number of aliphatic hydroxyl groups is 1. The third-order valence-electron chi connectivity index (χ3n) is 9.49. The zero-order valence-corrected chi connectivity index (χ0v) is 26.0. The molecule has 4 aromatic rings. The number of ether oxygens (including phenoxy) is 2. The Balaban J connectivity index is 1.08. The standard InChI is InChI=1S/C38H39N3O5/c1-26-34(24-40-21-19-39(20-22-40)23-27-7-3-2-4-8-27)45-38(46-35(26)29-13-11-28(25-42)12-14-29)30-15-17-31(18-16-30)41-36(43)32-9-5-6-10-33(32)37(41)44/h2-18,26,34-35,38,42H,19-25H2,1H3/t26-,34+,35+,38+/m1/s1. The number of piperazine rings is 1. The third kappa shape index (κ3) is 6.15. The minimum Gasteiger partial charge on any atom is -0.392 e. The van der Waals surface area contributed by atoms with Crippen LogP contribution in [0, 0.1) is 5.92 Å². The van der Waals surface area contributed by atoms with Gasteiger partial charge >= 0.3 is 0 Å². The lowest BCUT2D eigenvalue weighted by Gasteiger charge is -2.44. The topological polar surface area (TPSA) is 82.6 Å². The highest BCUT2D eigenvalue weighted by Gasteiger charge is 2.40. The third-order valence-corrected chi connectivity index (χ3v) is 9.49. The van der Waals surface area contributed by atoms with Crippen LogP contribution in [0.4, 0.5) is 5.69 Å². The van der Waals surface area contributed by atoms with Gasteiger partial charge in [-0.3, -0.25) is 19.4 Å². The van der Waals surface area contributed by atoms with Gasteiger partial charge in [0, 0.05) is 50.7 Å². The number of carbonyl (C=O) groups excluding carboxylic acids is 2. The summed E-state index contributed by atoms with van der Waals surface area (Å²) in [6.07, 6.45) is -0.927. The minimum atomic E-state index is -0.626. The highest BCUT2D eigenvalue weighted by atomic mass is 16.7. The molecule has 0 aliphatic carbocycles. The number of imide groups is 1. The Morgan fingerprint density at radius 2 is 1.26 bits per heavy atom. The van der Waals surface area contributed by atoms with E-state index in [4.69, 9.17) is 9.47 Å². The van der Waals surface area contributed by atoms with E-state index in [0.29, 0.717) is 16.8 Å². The van der Waals surface area contributed by atoms with Crippen molar-refractivity contribution < 1.29 is 24.2 Å². The quantitative estimate of drug-likeness (QED) is 0.258. The summed E-state index contributed by atoms with van der Waals surface area (Å²) in [6, 6.07) is 32.8. The fourth-order valence-corrected chi connectivity index (χ4v) is 6.76. The summed E-state index contributed by atoms with van der Waals surface area (Å²) in [5.74, 6) is -0.554. The number of carbonyl (C=O) groups is 2. The van der Waals surface area contributed by atoms with Gasteiger partial charge in [0.15, 0.2) is 6.29 Å². The Morgan fingerprint density at radius 1 is 0.674 bits per heavy atom. The molecule has 3 aliphatic heterocycles. The smallest absolute Gasteiger partial charge is 0.266 e. The van der Waals surface area contributed by atoms with Crippen LogP contribution < -0.4 is 4.90 Å². The lowest BCUT2D eigenvalue weighted by Crippen LogP contribution is -2.51. The number of hydrogen-bond donors (Lipinski definition) is 1. The van der Waals surface area contributed by atoms with Crippen LogP contribution in [0.5, 0.6) is 0 Å². The fourth-order valence-electron chi connectivity index (χ4n) is 6.76. The number of fused-ring (bicyclic) bond motifs is 1. The maximum Gasteiger partial charge on any atom is 0.266 e. The van der Waals surface area contributed by atoms with Crippen LogP contribution in [0.2, 0.25) is 0 Å². The molecule has 0 bridgehead atoms. The van der Waals surface area contributed by atoms with Crippen LogP contribution in [0.1, 0.15) is 62.3 Å². The predicted octanol–water partition coefficient (Wildman–Crippen LogP) is 5.59. The van der Waals surface area contributed by atoms with Crippen molar-refractivity contribution in [3.8, 4) is 0 Å². The largest absolute Gasteiger partial charge is 0.392 e. The van der Waals surface area contributed by atoms with E-state index >= 15 is 0 Å². The second kappa shape index (κ2) is 13.3. The molecule has 8 nitrogen and oxygen atoms in total. The summed E-state index contributed by atoms with van der Waals surface area (Å²) < 4.78 is 13.3. The molecule has 236 valence electrons. The molecule has 2 amide bonds. The highest BCUT2D eigenvalue weighted by molar-refractivity contribution is 6.34. The first kappa shape index (κ1) is 30.5. The number of amides is 2. The van der Waals surface area contributed by atoms with Gasteiger partial charge < -0.3 is 14.6 Å². The van der Waals surface area contributed by atoms with E-state index in [9.17, 15) is 14.7 Å². The van der Waals surface area contributed by atoms with Gasteiger partial charge in [-0.25, -0.2) is 4.90 Å². The molecule has 1 N–H and O–H groups in total. The van der Waals surface area contributed by atoms with Crippen LogP contribution in [-0.4, -0.2) is 65.5 Å². The molecule has 4 atom stereocenters. The van der Waals surface area contributed by atoms with E-state index in [-0.39, 0.29) is 36.5 Å². The molecular weight excluding hydrogens is 578 g/mol. The summed E-state index contributed by atoms with van der Waals surface area (Å²) in [7, 11) is 0. The van der Waals surface area contributed by atoms with Crippen molar-refractivity contribution in [2.24, 2.45) is 5.92 Å². The van der Waals surface area contributed by atoms with E-state index < -0.39 is 6.29 Å². The van der Waals surface area contributed by atoms with E-state index in [1.165, 1.54) is 10.5 Å². The molecule has 2 fully saturated rings. The lowest BCUT2D eigenvalue weighted by molar-refractivity contribution is -0.276. The van der Waals surface area contributed by atoms with Gasteiger partial charge in [-0.05, 0) is 41.0 Å². The second-order valence-electron chi connectivity index (χ2n) is 12.5. The molecule has 7 rings (SSSR count). The van der Waals surface area contributed by atoms with Crippen molar-refractivity contribution >= 4 is 17.5 Å². The number of rotatable bonds is 8. The second-order valence-corrected chi connectivity index (χ2v) is 12.5. The Kier molecular flexibility index (Phi) is 8.80. The van der Waals surface area contributed by atoms with Crippen LogP contribution in [0.15, 0.2) is 103 Å². The Labute approximate surface area is 269 Å². The van der Waals surface area contributed by atoms with Crippen molar-refractivity contribution in [3.05, 3.63) is 137 Å². The van der Waals surface area contributed by atoms with E-state index in [1.807, 2.05) is 36.4 Å². The molecule has 0 spiro atoms. The van der Waals surface area contributed by atoms with Crippen molar-refractivity contribution in [1.29, 1.82) is 0 Å². The predicted molar refractivity (Wildman–Crippen MR) is 175 cm³/mol. The van der Waals surface area contributed by atoms with Crippen molar-refractivity contribution in [3.63, 3.8) is 0 Å². The van der Waals surface area contributed by atoms with Crippen molar-refractivity contribution in [1.82, 2.24) is 9.80 Å². The molecule has 0 radical (unpaired) electrons. The normalized spacial score (nSPS) is 23.9. The summed E-state index contributed by atoms with van der Waals surface area (Å²) in [4.78, 5) is 32.3. The van der Waals surface area contributed by atoms with Gasteiger partial charge in [0.25, 0.3) is 11.8 Å². The Bertz CT molecular complexity index is 1630. The molecule has 2 saturated heterocycles. The maximum absolute atomic E-state index is 13.1. The number of hydrogen-bond acceptors (Lipinski definition) is 7. The minimum absolute atomic E-state index is 0.00851. The molecule has 3 heterocycles. The Hall–Kier alpha value is -4.18. The first-order valence-electron chi connectivity index (χ1n) is 16.1. The van der Waals surface area contributed by atoms with E-state index in [0.717, 1.165) is 56.0 Å². The molecular formula is C38H39N3O5. The summed E-state index contributed by atoms with van der Waals surface area (Å²) in [6.45, 7) is 7.87. The van der Waals surface area contributed by atoms with Crippen LogP contribution in [0.25, 0.3) is 0 Å². The zero-order valence-electron chi connectivity index (χ0n) is 26.0. The molecule has 0 unspecified atom stereocenters. The lowest BCUT2D eigenvalue weighted by atomic mass is 9.90. The number of benzene rings is 4. The van der Waals surface area contributed by atoms with Gasteiger partial charge in [-0.1, -0.05) is 85.8 Å². The van der Waals surface area contributed by atoms with Gasteiger partial charge in [0.2, 0.25) is 0 Å². The SMILES string of the molecule is C[C@@H]1[C@H](CN2CCN(Cc3ccccc3)CC2)O[C@H](c2ccc(N3C(=O)c4ccccc4C3=O)cc2)O[C@@H]1c1ccc(CO)cc1. The maximum atomic E-state index is 13.1. The van der Waals surface area contributed by atoms with Gasteiger partial charge in [-0.15, -0.1) is 0 Å². The summed E-state index contributed by atoms with van der Waals surface area (Å²) in [5.41, 5.74) is 5.41. The molecule has 0 saturated carbocycles. The van der Waals surface area contributed by atoms with Crippen LogP contribution >= 0.6 is 0 Å². The van der Waals surface area contributed by atoms with E-state index in [2.05, 4.69) is 47.1 Å². The van der Waals surface area contributed by atoms with Crippen LogP contribution in [0.3, 0.4) is 0 Å². The van der Waals surface area contributed by atoms with Gasteiger partial charge in [0.05, 0.1) is 35.6 Å². The average Bonchev–Trinajstić information content (AvgIpc) is 3.36. The molecule has 46 heavy (non-hydrogen) atoms. The summed E-state index contributed by atoms with van der Waals surface area (Å²) >= 11 is 0. The zero-order chi connectivity index (χ0) is 31.6. The number of anilines is 1. The molecule has 3 aliphatic rings. The monoisotopic (exact) mass is 617 g/mol. The Morgan fingerprint density at radius 3 is 1.89 bits per heavy atom. The van der Waals surface area contributed by atoms with Crippen molar-refractivity contribution in [2.45, 2.75) is 38.6 Å². The van der Waals surface area contributed by atoms with Crippen LogP contribution in [-0.2, 0) is 22.6 Å². The number of aliphatic hydroxyl groups excluding tert-OH is 1. The van der Waals surface area contributed by atoms with E-state index in [1.54, 1.807) is 36.4 Å². The molecule has 0 aromatic heterocycles. The van der Waals surface area contributed by atoms with Crippen molar-refractivity contribution in [2.75, 3.05) is 37.6 Å². The molecule has 4 aromatic carbocycles. The molecule has 8 heteroatoms. The fraction of sp³-hybridized carbons (Fsp3) is 0.316. The highest BCUT2D eigenvalue weighted by Crippen LogP contribution is 2.42. The first-order chi connectivity index (χ1) is 22.5. The first-order valence-corrected chi connectivity index (χ1v) is 16.1.